The van der Waals surface area contributed by atoms with E-state index in [2.05, 4.69) is 59.1 Å². The molecule has 4 rings (SSSR count). The second-order valence-electron chi connectivity index (χ2n) is 7.96. The number of piperidine rings is 1. The van der Waals surface area contributed by atoms with Gasteiger partial charge in [-0.15, -0.1) is 11.8 Å². The van der Waals surface area contributed by atoms with Gasteiger partial charge in [-0.05, 0) is 70.3 Å². The molecule has 2 aromatic rings. The Balaban J connectivity index is 1.30. The third kappa shape index (κ3) is 3.65. The smallest absolute Gasteiger partial charge is 0.223 e. The molecule has 2 aliphatic rings. The Morgan fingerprint density at radius 1 is 1.31 bits per heavy atom. The van der Waals surface area contributed by atoms with Crippen LogP contribution in [0.15, 0.2) is 30.3 Å². The van der Waals surface area contributed by atoms with Gasteiger partial charge in [-0.3, -0.25) is 4.79 Å². The number of fused-ring (bicyclic) bond motifs is 1. The lowest BCUT2D eigenvalue weighted by molar-refractivity contribution is -0.131. The summed E-state index contributed by atoms with van der Waals surface area (Å²) in [6.07, 6.45) is 4.91. The third-order valence-electron chi connectivity index (χ3n) is 5.96. The molecule has 2 fully saturated rings. The normalized spacial score (nSPS) is 23.2. The fourth-order valence-electron chi connectivity index (χ4n) is 4.34. The summed E-state index contributed by atoms with van der Waals surface area (Å²) in [7, 11) is 2.20. The van der Waals surface area contributed by atoms with E-state index >= 15 is 0 Å². The molecule has 5 heteroatoms. The average molecular weight is 372 g/mol. The van der Waals surface area contributed by atoms with Crippen molar-refractivity contribution in [1.82, 2.24) is 14.8 Å². The van der Waals surface area contributed by atoms with Crippen molar-refractivity contribution in [1.29, 1.82) is 0 Å². The molecule has 0 radical (unpaired) electrons. The van der Waals surface area contributed by atoms with Gasteiger partial charge in [0.15, 0.2) is 0 Å². The number of aromatic nitrogens is 1. The molecule has 0 bridgehead atoms. The van der Waals surface area contributed by atoms with Crippen LogP contribution in [-0.2, 0) is 11.2 Å². The molecule has 0 saturated carbocycles. The Labute approximate surface area is 160 Å². The minimum absolute atomic E-state index is 0.304. The van der Waals surface area contributed by atoms with Crippen LogP contribution in [0.1, 0.15) is 38.3 Å². The van der Waals surface area contributed by atoms with E-state index in [4.69, 9.17) is 0 Å². The number of carbonyl (C=O) groups excluding carboxylic acids is 1. The Morgan fingerprint density at radius 3 is 2.85 bits per heavy atom. The summed E-state index contributed by atoms with van der Waals surface area (Å²) in [6.45, 7) is 5.45. The molecule has 1 aromatic heterocycles. The van der Waals surface area contributed by atoms with Gasteiger partial charge in [-0.25, -0.2) is 0 Å². The second-order valence-corrected chi connectivity index (χ2v) is 9.74. The summed E-state index contributed by atoms with van der Waals surface area (Å²) in [5.74, 6) is 0.330. The number of rotatable bonds is 4. The van der Waals surface area contributed by atoms with Crippen molar-refractivity contribution in [3.05, 3.63) is 36.0 Å². The van der Waals surface area contributed by atoms with Crippen molar-refractivity contribution in [3.8, 4) is 0 Å². The summed E-state index contributed by atoms with van der Waals surface area (Å²) in [4.78, 5) is 20.8. The summed E-state index contributed by atoms with van der Waals surface area (Å²) >= 11 is 2.03. The van der Waals surface area contributed by atoms with E-state index in [1.54, 1.807) is 0 Å². The van der Waals surface area contributed by atoms with Gasteiger partial charge in [0.2, 0.25) is 5.91 Å². The zero-order valence-electron chi connectivity index (χ0n) is 15.8. The zero-order chi connectivity index (χ0) is 18.1. The van der Waals surface area contributed by atoms with Gasteiger partial charge >= 0.3 is 0 Å². The van der Waals surface area contributed by atoms with Gasteiger partial charge in [0.05, 0.1) is 5.37 Å². The van der Waals surface area contributed by atoms with Gasteiger partial charge in [-0.2, -0.15) is 0 Å². The maximum Gasteiger partial charge on any atom is 0.223 e. The maximum atomic E-state index is 12.8. The maximum absolute atomic E-state index is 12.8. The molecule has 140 valence electrons. The van der Waals surface area contributed by atoms with Crippen molar-refractivity contribution < 1.29 is 4.79 Å². The number of hydrogen-bond donors (Lipinski definition) is 1. The van der Waals surface area contributed by atoms with E-state index in [0.717, 1.165) is 32.5 Å². The minimum Gasteiger partial charge on any atom is -0.358 e. The Kier molecular flexibility index (Phi) is 5.02. The lowest BCUT2D eigenvalue weighted by atomic mass is 9.95. The number of H-pyrrole nitrogens is 1. The summed E-state index contributed by atoms with van der Waals surface area (Å²) in [5, 5.41) is 1.57. The molecular weight excluding hydrogens is 342 g/mol. The van der Waals surface area contributed by atoms with Crippen LogP contribution >= 0.6 is 11.8 Å². The Hall–Kier alpha value is -1.46. The molecule has 4 nitrogen and oxygen atoms in total. The number of nitrogens with one attached hydrogen (secondary N) is 1. The number of carbonyl (C=O) groups is 1. The fraction of sp³-hybridized carbons (Fsp3) is 0.571. The first kappa shape index (κ1) is 17.9. The highest BCUT2D eigenvalue weighted by molar-refractivity contribution is 8.01. The first-order valence-electron chi connectivity index (χ1n) is 9.77. The molecule has 1 N–H and O–H groups in total. The van der Waals surface area contributed by atoms with Crippen molar-refractivity contribution >= 4 is 28.6 Å². The van der Waals surface area contributed by atoms with Gasteiger partial charge in [0, 0.05) is 28.9 Å². The fourth-order valence-corrected chi connectivity index (χ4v) is 6.01. The largest absolute Gasteiger partial charge is 0.358 e. The Morgan fingerprint density at radius 2 is 2.08 bits per heavy atom. The van der Waals surface area contributed by atoms with Gasteiger partial charge in [0.25, 0.3) is 0 Å². The highest BCUT2D eigenvalue weighted by Crippen LogP contribution is 2.46. The van der Waals surface area contributed by atoms with Crippen molar-refractivity contribution in [2.75, 3.05) is 26.7 Å². The van der Waals surface area contributed by atoms with Crippen molar-refractivity contribution in [2.45, 2.75) is 49.1 Å². The molecule has 2 aliphatic heterocycles. The van der Waals surface area contributed by atoms with Crippen LogP contribution in [0.5, 0.6) is 0 Å². The van der Waals surface area contributed by atoms with Crippen LogP contribution in [0.25, 0.3) is 10.9 Å². The third-order valence-corrected chi connectivity index (χ3v) is 7.59. The number of likely N-dealkylation sites (tertiary alicyclic amines) is 1. The summed E-state index contributed by atoms with van der Waals surface area (Å²) < 4.78 is 0.304. The molecular formula is C21H29N3OS. The number of benzene rings is 1. The van der Waals surface area contributed by atoms with E-state index in [-0.39, 0.29) is 0 Å². The monoisotopic (exact) mass is 371 g/mol. The summed E-state index contributed by atoms with van der Waals surface area (Å²) in [5.41, 5.74) is 2.41. The number of amides is 1. The predicted molar refractivity (Wildman–Crippen MR) is 109 cm³/mol. The second kappa shape index (κ2) is 7.28. The molecule has 1 aromatic carbocycles. The van der Waals surface area contributed by atoms with E-state index in [1.807, 2.05) is 11.8 Å². The molecule has 1 unspecified atom stereocenters. The SMILES string of the molecule is CC1SC2(CCN(C)CC2)CN1C(=O)CCCc1cc2ccccc2[nH]1. The molecule has 1 spiro atoms. The van der Waals surface area contributed by atoms with Gasteiger partial charge in [0.1, 0.15) is 0 Å². The minimum atomic E-state index is 0.304. The van der Waals surface area contributed by atoms with Crippen LogP contribution in [0.3, 0.4) is 0 Å². The number of para-hydroxylation sites is 1. The lowest BCUT2D eigenvalue weighted by Gasteiger charge is -2.36. The number of thioether (sulfide) groups is 1. The topological polar surface area (TPSA) is 39.3 Å². The number of aryl methyl sites for hydroxylation is 1. The van der Waals surface area contributed by atoms with Crippen LogP contribution in [0, 0.1) is 0 Å². The molecule has 0 aliphatic carbocycles. The van der Waals surface area contributed by atoms with Crippen LogP contribution < -0.4 is 0 Å². The Bertz CT molecular complexity index is 745. The first-order chi connectivity index (χ1) is 12.5. The van der Waals surface area contributed by atoms with E-state index < -0.39 is 0 Å². The molecule has 26 heavy (non-hydrogen) atoms. The zero-order valence-corrected chi connectivity index (χ0v) is 16.6. The number of hydrogen-bond acceptors (Lipinski definition) is 3. The average Bonchev–Trinajstić information content (AvgIpc) is 3.18. The van der Waals surface area contributed by atoms with Gasteiger partial charge < -0.3 is 14.8 Å². The van der Waals surface area contributed by atoms with Crippen LogP contribution in [0.4, 0.5) is 0 Å². The van der Waals surface area contributed by atoms with E-state index in [0.29, 0.717) is 22.4 Å². The standard InChI is InChI=1S/C21H29N3OS/c1-16-24(15-21(26-16)10-12-23(2)13-11-21)20(25)9-5-7-18-14-17-6-3-4-8-19(17)22-18/h3-4,6,8,14,16,22H,5,7,9-13,15H2,1-2H3. The van der Waals surface area contributed by atoms with E-state index in [1.165, 1.54) is 29.4 Å². The summed E-state index contributed by atoms with van der Waals surface area (Å²) in [6, 6.07) is 10.6. The molecule has 1 atom stereocenters. The van der Waals surface area contributed by atoms with Crippen LogP contribution in [0.2, 0.25) is 0 Å². The quantitative estimate of drug-likeness (QED) is 0.887. The molecule has 1 amide bonds. The van der Waals surface area contributed by atoms with Crippen LogP contribution in [-0.4, -0.2) is 57.5 Å². The molecule has 3 heterocycles. The van der Waals surface area contributed by atoms with Crippen molar-refractivity contribution in [2.24, 2.45) is 0 Å². The number of nitrogens with zero attached hydrogens (tertiary/aromatic N) is 2. The van der Waals surface area contributed by atoms with Crippen molar-refractivity contribution in [3.63, 3.8) is 0 Å². The molecule has 2 saturated heterocycles. The predicted octanol–water partition coefficient (Wildman–Crippen LogP) is 3.88. The lowest BCUT2D eigenvalue weighted by Crippen LogP contribution is -2.44. The highest BCUT2D eigenvalue weighted by atomic mass is 32.2. The van der Waals surface area contributed by atoms with E-state index in [9.17, 15) is 4.79 Å². The van der Waals surface area contributed by atoms with Gasteiger partial charge in [-0.1, -0.05) is 18.2 Å². The number of aromatic amines is 1. The first-order valence-corrected chi connectivity index (χ1v) is 10.7. The highest BCUT2D eigenvalue weighted by Gasteiger charge is 2.45.